The van der Waals surface area contributed by atoms with Gasteiger partial charge >= 0.3 is 9.53 Å². The summed E-state index contributed by atoms with van der Waals surface area (Å²) < 4.78 is 15.7. The molecule has 0 aromatic rings. The lowest BCUT2D eigenvalue weighted by Crippen LogP contribution is -2.27. The monoisotopic (exact) mass is 274 g/mol. The highest BCUT2D eigenvalue weighted by Gasteiger charge is 2.11. The Hall–Kier alpha value is -0.163. The summed E-state index contributed by atoms with van der Waals surface area (Å²) in [6, 6.07) is 0. The van der Waals surface area contributed by atoms with E-state index >= 15 is 0 Å². The van der Waals surface area contributed by atoms with E-state index < -0.39 is 9.53 Å². The van der Waals surface area contributed by atoms with Crippen LogP contribution < -0.4 is 0 Å². The molecule has 18 heavy (non-hydrogen) atoms. The van der Waals surface area contributed by atoms with E-state index in [0.717, 1.165) is 5.92 Å². The van der Waals surface area contributed by atoms with Crippen LogP contribution in [0, 0.1) is 5.92 Å². The van der Waals surface area contributed by atoms with Gasteiger partial charge in [-0.1, -0.05) is 25.5 Å². The lowest BCUT2D eigenvalue weighted by atomic mass is 10.1. The van der Waals surface area contributed by atoms with Crippen LogP contribution in [-0.4, -0.2) is 29.3 Å². The zero-order valence-corrected chi connectivity index (χ0v) is 13.6. The average molecular weight is 274 g/mol. The fraction of sp³-hybridized carbons (Fsp3) is 0.857. The van der Waals surface area contributed by atoms with Crippen molar-refractivity contribution in [3.8, 4) is 0 Å². The molecule has 0 fully saturated rings. The molecule has 0 amide bonds. The second-order valence-corrected chi connectivity index (χ2v) is 5.92. The standard InChI is InChI=1S/C8H14.C6H16O3Si/c1-8-6-4-2-3-5-7-8;1-4-7-10(8-5-2)9-6-3/h4,6,8H,2-3,5,7H2,1H3;10H,4-6H2,1-3H3. The molecular weight excluding hydrogens is 244 g/mol. The van der Waals surface area contributed by atoms with Gasteiger partial charge in [-0.05, 0) is 46.0 Å². The maximum absolute atomic E-state index is 5.22. The van der Waals surface area contributed by atoms with Crippen LogP contribution in [0.25, 0.3) is 0 Å². The summed E-state index contributed by atoms with van der Waals surface area (Å²) in [5.74, 6) is 0.845. The molecule has 3 nitrogen and oxygen atoms in total. The first-order valence-corrected chi connectivity index (χ1v) is 8.67. The first-order valence-electron chi connectivity index (χ1n) is 7.25. The summed E-state index contributed by atoms with van der Waals surface area (Å²) in [5, 5.41) is 0. The fourth-order valence-electron chi connectivity index (χ4n) is 1.71. The first-order chi connectivity index (χ1) is 8.74. The molecule has 0 aliphatic heterocycles. The first kappa shape index (κ1) is 17.8. The van der Waals surface area contributed by atoms with Gasteiger partial charge in [-0.2, -0.15) is 0 Å². The van der Waals surface area contributed by atoms with Gasteiger partial charge in [-0.25, -0.2) is 0 Å². The van der Waals surface area contributed by atoms with Crippen LogP contribution in [0.15, 0.2) is 12.2 Å². The highest BCUT2D eigenvalue weighted by molar-refractivity contribution is 6.36. The molecule has 4 heteroatoms. The molecule has 1 atom stereocenters. The molecule has 1 rings (SSSR count). The molecule has 0 radical (unpaired) electrons. The highest BCUT2D eigenvalue weighted by Crippen LogP contribution is 2.15. The molecule has 1 aliphatic rings. The molecule has 0 aromatic heterocycles. The van der Waals surface area contributed by atoms with E-state index in [-0.39, 0.29) is 0 Å². The van der Waals surface area contributed by atoms with Gasteiger partial charge in [0.05, 0.1) is 0 Å². The highest BCUT2D eigenvalue weighted by atomic mass is 28.3. The van der Waals surface area contributed by atoms with Gasteiger partial charge in [-0.3, -0.25) is 0 Å². The third-order valence-electron chi connectivity index (χ3n) is 2.65. The normalized spacial score (nSPS) is 19.3. The maximum atomic E-state index is 5.22. The minimum absolute atomic E-state index is 0.677. The Balaban J connectivity index is 0.000000327. The zero-order valence-electron chi connectivity index (χ0n) is 12.5. The summed E-state index contributed by atoms with van der Waals surface area (Å²) >= 11 is 0. The Bertz CT molecular complexity index is 183. The Kier molecular flexibility index (Phi) is 13.2. The van der Waals surface area contributed by atoms with Crippen molar-refractivity contribution in [1.29, 1.82) is 0 Å². The van der Waals surface area contributed by atoms with E-state index in [2.05, 4.69) is 19.1 Å². The Morgan fingerprint density at radius 2 is 1.56 bits per heavy atom. The summed E-state index contributed by atoms with van der Waals surface area (Å²) in [6.07, 6.45) is 10.2. The van der Waals surface area contributed by atoms with Crippen molar-refractivity contribution in [3.63, 3.8) is 0 Å². The Morgan fingerprint density at radius 3 is 2.06 bits per heavy atom. The SMILES string of the molecule is CC1C=CCCCC1.CCO[SiH](OCC)OCC. The topological polar surface area (TPSA) is 27.7 Å². The summed E-state index contributed by atoms with van der Waals surface area (Å²) in [6.45, 7) is 10.2. The number of rotatable bonds is 6. The molecule has 108 valence electrons. The molecule has 0 aromatic carbocycles. The molecule has 1 aliphatic carbocycles. The van der Waals surface area contributed by atoms with Gasteiger partial charge < -0.3 is 13.3 Å². The second kappa shape index (κ2) is 13.3. The van der Waals surface area contributed by atoms with Gasteiger partial charge in [0.1, 0.15) is 0 Å². The van der Waals surface area contributed by atoms with Crippen molar-refractivity contribution in [2.45, 2.75) is 53.4 Å². The number of hydrogen-bond donors (Lipinski definition) is 0. The summed E-state index contributed by atoms with van der Waals surface area (Å²) in [4.78, 5) is 0. The van der Waals surface area contributed by atoms with E-state index in [9.17, 15) is 0 Å². The third kappa shape index (κ3) is 11.0. The van der Waals surface area contributed by atoms with Gasteiger partial charge in [0.25, 0.3) is 0 Å². The minimum Gasteiger partial charge on any atom is -0.376 e. The summed E-state index contributed by atoms with van der Waals surface area (Å²) in [5.41, 5.74) is 0. The Morgan fingerprint density at radius 1 is 1.00 bits per heavy atom. The van der Waals surface area contributed by atoms with E-state index in [0.29, 0.717) is 19.8 Å². The van der Waals surface area contributed by atoms with Crippen molar-refractivity contribution in [2.75, 3.05) is 19.8 Å². The molecule has 0 saturated heterocycles. The smallest absolute Gasteiger partial charge is 0.376 e. The second-order valence-electron chi connectivity index (χ2n) is 4.34. The van der Waals surface area contributed by atoms with Crippen LogP contribution in [0.4, 0.5) is 0 Å². The van der Waals surface area contributed by atoms with Gasteiger partial charge in [-0.15, -0.1) is 0 Å². The lowest BCUT2D eigenvalue weighted by Gasteiger charge is -2.12. The largest absolute Gasteiger partial charge is 0.484 e. The van der Waals surface area contributed by atoms with E-state index in [4.69, 9.17) is 13.3 Å². The fourth-order valence-corrected chi connectivity index (χ4v) is 2.81. The van der Waals surface area contributed by atoms with Crippen molar-refractivity contribution < 1.29 is 13.3 Å². The Labute approximate surface area is 114 Å². The molecule has 0 saturated carbocycles. The average Bonchev–Trinajstić information content (AvgIpc) is 2.59. The minimum atomic E-state index is -1.73. The number of allylic oxidation sites excluding steroid dienone is 2. The molecule has 0 heterocycles. The van der Waals surface area contributed by atoms with Crippen molar-refractivity contribution in [2.24, 2.45) is 5.92 Å². The van der Waals surface area contributed by atoms with Crippen molar-refractivity contribution in [1.82, 2.24) is 0 Å². The van der Waals surface area contributed by atoms with Gasteiger partial charge in [0.2, 0.25) is 0 Å². The van der Waals surface area contributed by atoms with Crippen LogP contribution in [-0.2, 0) is 13.3 Å². The predicted molar refractivity (Wildman–Crippen MR) is 78.8 cm³/mol. The van der Waals surface area contributed by atoms with E-state index in [1.807, 2.05) is 20.8 Å². The molecular formula is C14H30O3Si. The maximum Gasteiger partial charge on any atom is 0.484 e. The van der Waals surface area contributed by atoms with Crippen LogP contribution >= 0.6 is 0 Å². The van der Waals surface area contributed by atoms with E-state index in [1.54, 1.807) is 0 Å². The quantitative estimate of drug-likeness (QED) is 0.547. The molecule has 1 unspecified atom stereocenters. The lowest BCUT2D eigenvalue weighted by molar-refractivity contribution is 0.107. The zero-order chi connectivity index (χ0) is 13.6. The molecule has 0 bridgehead atoms. The summed E-state index contributed by atoms with van der Waals surface area (Å²) in [7, 11) is -1.73. The predicted octanol–water partition coefficient (Wildman–Crippen LogP) is 3.57. The van der Waals surface area contributed by atoms with Gasteiger partial charge in [0, 0.05) is 19.8 Å². The van der Waals surface area contributed by atoms with Crippen LogP contribution in [0.1, 0.15) is 53.4 Å². The van der Waals surface area contributed by atoms with Crippen LogP contribution in [0.5, 0.6) is 0 Å². The van der Waals surface area contributed by atoms with Crippen LogP contribution in [0.3, 0.4) is 0 Å². The van der Waals surface area contributed by atoms with Crippen molar-refractivity contribution in [3.05, 3.63) is 12.2 Å². The van der Waals surface area contributed by atoms with E-state index in [1.165, 1.54) is 25.7 Å². The van der Waals surface area contributed by atoms with Crippen molar-refractivity contribution >= 4 is 9.53 Å². The molecule has 0 N–H and O–H groups in total. The third-order valence-corrected chi connectivity index (χ3v) is 4.47. The number of hydrogen-bond acceptors (Lipinski definition) is 3. The van der Waals surface area contributed by atoms with Gasteiger partial charge in [0.15, 0.2) is 0 Å². The van der Waals surface area contributed by atoms with Crippen LogP contribution in [0.2, 0.25) is 0 Å². The molecule has 0 spiro atoms.